The molecule has 0 aromatic carbocycles. The van der Waals surface area contributed by atoms with Gasteiger partial charge >= 0.3 is 0 Å². The Hall–Kier alpha value is -1.40. The lowest BCUT2D eigenvalue weighted by Crippen LogP contribution is -2.21. The molecular formula is C14H18BrN5. The van der Waals surface area contributed by atoms with E-state index in [0.717, 1.165) is 46.9 Å². The third kappa shape index (κ3) is 2.13. The molecule has 0 saturated carbocycles. The highest BCUT2D eigenvalue weighted by Crippen LogP contribution is 2.35. The molecule has 2 heterocycles. The van der Waals surface area contributed by atoms with Gasteiger partial charge in [-0.3, -0.25) is 4.68 Å². The summed E-state index contributed by atoms with van der Waals surface area (Å²) in [5, 5.41) is 5.40. The largest absolute Gasteiger partial charge is 0.383 e. The van der Waals surface area contributed by atoms with Crippen LogP contribution >= 0.6 is 15.9 Å². The molecule has 1 unspecified atom stereocenters. The highest BCUT2D eigenvalue weighted by Gasteiger charge is 2.20. The number of pyridine rings is 1. The SMILES string of the molecule is CCn1nc(Br)c2c(N)ncc(C3=CCC(N)CC3)c21. The van der Waals surface area contributed by atoms with Gasteiger partial charge in [0.05, 0.1) is 10.9 Å². The van der Waals surface area contributed by atoms with Crippen molar-refractivity contribution in [2.75, 3.05) is 5.73 Å². The van der Waals surface area contributed by atoms with E-state index in [1.54, 1.807) is 0 Å². The number of fused-ring (bicyclic) bond motifs is 1. The van der Waals surface area contributed by atoms with Gasteiger partial charge in [0.2, 0.25) is 0 Å². The van der Waals surface area contributed by atoms with Gasteiger partial charge in [-0.05, 0) is 47.7 Å². The number of anilines is 1. The molecule has 3 rings (SSSR count). The summed E-state index contributed by atoms with van der Waals surface area (Å²) >= 11 is 3.49. The molecule has 1 atom stereocenters. The number of allylic oxidation sites excluding steroid dienone is 1. The van der Waals surface area contributed by atoms with Gasteiger partial charge in [-0.2, -0.15) is 5.10 Å². The van der Waals surface area contributed by atoms with Crippen LogP contribution in [0.25, 0.3) is 16.5 Å². The molecule has 0 aliphatic heterocycles. The second-order valence-electron chi connectivity index (χ2n) is 5.15. The van der Waals surface area contributed by atoms with Gasteiger partial charge in [-0.15, -0.1) is 0 Å². The van der Waals surface area contributed by atoms with E-state index >= 15 is 0 Å². The van der Waals surface area contributed by atoms with Gasteiger partial charge in [-0.25, -0.2) is 4.98 Å². The van der Waals surface area contributed by atoms with Crippen molar-refractivity contribution in [3.8, 4) is 0 Å². The van der Waals surface area contributed by atoms with Crippen molar-refractivity contribution in [1.29, 1.82) is 0 Å². The van der Waals surface area contributed by atoms with Crippen LogP contribution < -0.4 is 11.5 Å². The first-order chi connectivity index (χ1) is 9.61. The van der Waals surface area contributed by atoms with Crippen LogP contribution in [0.5, 0.6) is 0 Å². The normalized spacial score (nSPS) is 19.4. The van der Waals surface area contributed by atoms with Crippen LogP contribution in [-0.2, 0) is 6.54 Å². The zero-order valence-electron chi connectivity index (χ0n) is 11.4. The fourth-order valence-corrected chi connectivity index (χ4v) is 3.34. The minimum Gasteiger partial charge on any atom is -0.383 e. The molecule has 6 heteroatoms. The summed E-state index contributed by atoms with van der Waals surface area (Å²) in [6.07, 6.45) is 7.00. The van der Waals surface area contributed by atoms with E-state index in [1.165, 1.54) is 5.57 Å². The average Bonchev–Trinajstić information content (AvgIpc) is 2.79. The third-order valence-corrected chi connectivity index (χ3v) is 4.41. The molecule has 20 heavy (non-hydrogen) atoms. The number of aryl methyl sites for hydroxylation is 1. The maximum atomic E-state index is 6.01. The maximum absolute atomic E-state index is 6.01. The molecule has 5 nitrogen and oxygen atoms in total. The van der Waals surface area contributed by atoms with Crippen molar-refractivity contribution in [3.63, 3.8) is 0 Å². The first kappa shape index (κ1) is 13.6. The monoisotopic (exact) mass is 335 g/mol. The quantitative estimate of drug-likeness (QED) is 0.883. The number of nitrogens with zero attached hydrogens (tertiary/aromatic N) is 3. The van der Waals surface area contributed by atoms with Crippen LogP contribution in [-0.4, -0.2) is 20.8 Å². The number of hydrogen-bond acceptors (Lipinski definition) is 4. The van der Waals surface area contributed by atoms with E-state index in [0.29, 0.717) is 5.82 Å². The second kappa shape index (κ2) is 5.18. The van der Waals surface area contributed by atoms with E-state index in [9.17, 15) is 0 Å². The van der Waals surface area contributed by atoms with Gasteiger partial charge in [0.1, 0.15) is 10.4 Å². The van der Waals surface area contributed by atoms with Gasteiger partial charge < -0.3 is 11.5 Å². The molecule has 1 aliphatic carbocycles. The van der Waals surface area contributed by atoms with Crippen LogP contribution in [0.2, 0.25) is 0 Å². The number of rotatable bonds is 2. The van der Waals surface area contributed by atoms with E-state index in [4.69, 9.17) is 11.5 Å². The van der Waals surface area contributed by atoms with Crippen molar-refractivity contribution < 1.29 is 0 Å². The lowest BCUT2D eigenvalue weighted by molar-refractivity contribution is 0.614. The molecule has 0 radical (unpaired) electrons. The molecule has 4 N–H and O–H groups in total. The molecule has 0 spiro atoms. The fourth-order valence-electron chi connectivity index (χ4n) is 2.76. The average molecular weight is 336 g/mol. The Bertz CT molecular complexity index is 688. The molecule has 1 aliphatic rings. The van der Waals surface area contributed by atoms with E-state index in [2.05, 4.69) is 39.0 Å². The molecule has 0 bridgehead atoms. The highest BCUT2D eigenvalue weighted by atomic mass is 79.9. The number of nitrogens with two attached hydrogens (primary N) is 2. The summed E-state index contributed by atoms with van der Waals surface area (Å²) in [5.41, 5.74) is 15.5. The smallest absolute Gasteiger partial charge is 0.139 e. The maximum Gasteiger partial charge on any atom is 0.139 e. The predicted molar refractivity (Wildman–Crippen MR) is 85.1 cm³/mol. The Kier molecular flexibility index (Phi) is 3.52. The van der Waals surface area contributed by atoms with Crippen LogP contribution in [0, 0.1) is 0 Å². The van der Waals surface area contributed by atoms with Crippen molar-refractivity contribution in [2.24, 2.45) is 5.73 Å². The highest BCUT2D eigenvalue weighted by molar-refractivity contribution is 9.10. The van der Waals surface area contributed by atoms with Crippen molar-refractivity contribution in [1.82, 2.24) is 14.8 Å². The Morgan fingerprint density at radius 3 is 2.95 bits per heavy atom. The van der Waals surface area contributed by atoms with Gasteiger partial charge in [0.25, 0.3) is 0 Å². The number of nitrogen functional groups attached to an aromatic ring is 1. The summed E-state index contributed by atoms with van der Waals surface area (Å²) < 4.78 is 2.73. The molecule has 2 aromatic heterocycles. The van der Waals surface area contributed by atoms with Crippen molar-refractivity contribution in [2.45, 2.75) is 38.8 Å². The lowest BCUT2D eigenvalue weighted by Gasteiger charge is -2.19. The van der Waals surface area contributed by atoms with Gasteiger partial charge in [-0.1, -0.05) is 6.08 Å². The molecule has 2 aromatic rings. The Labute approximate surface area is 126 Å². The van der Waals surface area contributed by atoms with Crippen LogP contribution in [0.3, 0.4) is 0 Å². The van der Waals surface area contributed by atoms with E-state index in [-0.39, 0.29) is 6.04 Å². The summed E-state index contributed by atoms with van der Waals surface area (Å²) in [6, 6.07) is 0.277. The zero-order chi connectivity index (χ0) is 14.3. The molecular weight excluding hydrogens is 318 g/mol. The topological polar surface area (TPSA) is 82.8 Å². The predicted octanol–water partition coefficient (Wildman–Crippen LogP) is 2.69. The molecule has 0 fully saturated rings. The molecule has 0 saturated heterocycles. The standard InChI is InChI=1S/C14H18BrN5/c1-2-20-12-10(8-3-5-9(16)6-4-8)7-18-14(17)11(12)13(15)19-20/h3,7,9H,2,4-6,16H2,1H3,(H2,17,18). The minimum absolute atomic E-state index is 0.277. The summed E-state index contributed by atoms with van der Waals surface area (Å²) in [6.45, 7) is 2.87. The number of hydrogen-bond donors (Lipinski definition) is 2. The van der Waals surface area contributed by atoms with Crippen LogP contribution in [0.1, 0.15) is 31.7 Å². The Morgan fingerprint density at radius 2 is 2.30 bits per heavy atom. The second-order valence-corrected chi connectivity index (χ2v) is 5.90. The van der Waals surface area contributed by atoms with E-state index < -0.39 is 0 Å². The lowest BCUT2D eigenvalue weighted by atomic mass is 9.91. The zero-order valence-corrected chi connectivity index (χ0v) is 13.0. The number of aromatic nitrogens is 3. The number of halogens is 1. The summed E-state index contributed by atoms with van der Waals surface area (Å²) in [4.78, 5) is 4.33. The molecule has 0 amide bonds. The molecule has 106 valence electrons. The third-order valence-electron chi connectivity index (χ3n) is 3.85. The summed E-state index contributed by atoms with van der Waals surface area (Å²) in [7, 11) is 0. The van der Waals surface area contributed by atoms with Crippen molar-refractivity contribution >= 4 is 38.2 Å². The first-order valence-corrected chi connectivity index (χ1v) is 7.66. The fraction of sp³-hybridized carbons (Fsp3) is 0.429. The van der Waals surface area contributed by atoms with Gasteiger partial charge in [0, 0.05) is 24.3 Å². The van der Waals surface area contributed by atoms with Gasteiger partial charge in [0.15, 0.2) is 0 Å². The van der Waals surface area contributed by atoms with Crippen LogP contribution in [0.15, 0.2) is 16.9 Å². The van der Waals surface area contributed by atoms with E-state index in [1.807, 2.05) is 10.9 Å². The summed E-state index contributed by atoms with van der Waals surface area (Å²) in [5.74, 6) is 0.517. The Balaban J connectivity index is 2.24. The minimum atomic E-state index is 0.277. The first-order valence-electron chi connectivity index (χ1n) is 6.87. The van der Waals surface area contributed by atoms with Crippen LogP contribution in [0.4, 0.5) is 5.82 Å². The van der Waals surface area contributed by atoms with Crippen molar-refractivity contribution in [3.05, 3.63) is 22.4 Å². The Morgan fingerprint density at radius 1 is 1.50 bits per heavy atom.